The molecule has 0 aliphatic carbocycles. The molecule has 116 valence electrons. The van der Waals surface area contributed by atoms with E-state index in [-0.39, 0.29) is 6.42 Å². The molecule has 1 heterocycles. The number of hydrogen-bond acceptors (Lipinski definition) is 4. The van der Waals surface area contributed by atoms with E-state index in [1.807, 2.05) is 6.07 Å². The van der Waals surface area contributed by atoms with Crippen LogP contribution in [0, 0.1) is 0 Å². The van der Waals surface area contributed by atoms with Crippen LogP contribution < -0.4 is 15.0 Å². The van der Waals surface area contributed by atoms with Crippen molar-refractivity contribution in [2.45, 2.75) is 32.2 Å². The highest BCUT2D eigenvalue weighted by atomic mass is 16.5. The summed E-state index contributed by atoms with van der Waals surface area (Å²) in [7, 11) is 1.70. The summed E-state index contributed by atoms with van der Waals surface area (Å²) in [5.74, 6) is 0.120. The number of ether oxygens (including phenoxy) is 1. The summed E-state index contributed by atoms with van der Waals surface area (Å²) >= 11 is 0. The molecule has 2 N–H and O–H groups in total. The van der Waals surface area contributed by atoms with Crippen molar-refractivity contribution in [1.29, 1.82) is 0 Å². The molecular formula is C16H24N2O3. The summed E-state index contributed by atoms with van der Waals surface area (Å²) in [6.07, 6.45) is 3.93. The van der Waals surface area contributed by atoms with E-state index in [1.165, 1.54) is 19.3 Å². The average Bonchev–Trinajstić information content (AvgIpc) is 2.52. The third-order valence-electron chi connectivity index (χ3n) is 3.79. The van der Waals surface area contributed by atoms with Crippen LogP contribution in [0.5, 0.6) is 5.75 Å². The van der Waals surface area contributed by atoms with E-state index in [1.54, 1.807) is 7.11 Å². The summed E-state index contributed by atoms with van der Waals surface area (Å²) < 4.78 is 5.52. The molecule has 0 atom stereocenters. The summed E-state index contributed by atoms with van der Waals surface area (Å²) in [4.78, 5) is 12.8. The highest BCUT2D eigenvalue weighted by molar-refractivity contribution is 5.66. The number of methoxy groups -OCH3 is 1. The van der Waals surface area contributed by atoms with Gasteiger partial charge in [0.15, 0.2) is 0 Å². The predicted octanol–water partition coefficient (Wildman–Crippen LogP) is 2.25. The Bertz CT molecular complexity index is 471. The monoisotopic (exact) mass is 292 g/mol. The van der Waals surface area contributed by atoms with E-state index in [2.05, 4.69) is 22.3 Å². The molecule has 1 fully saturated rings. The van der Waals surface area contributed by atoms with Gasteiger partial charge in [0.2, 0.25) is 0 Å². The van der Waals surface area contributed by atoms with E-state index in [0.29, 0.717) is 13.1 Å². The van der Waals surface area contributed by atoms with Gasteiger partial charge in [-0.3, -0.25) is 4.79 Å². The summed E-state index contributed by atoms with van der Waals surface area (Å²) in [6.45, 7) is 3.31. The lowest BCUT2D eigenvalue weighted by atomic mass is 10.1. The maximum Gasteiger partial charge on any atom is 0.304 e. The van der Waals surface area contributed by atoms with Crippen LogP contribution in [-0.4, -0.2) is 37.8 Å². The molecule has 2 rings (SSSR count). The molecule has 1 saturated heterocycles. The SMILES string of the molecule is COc1cc(CNCCC(=O)O)ccc1N1CCCCC1. The molecule has 0 unspecified atom stereocenters. The lowest BCUT2D eigenvalue weighted by molar-refractivity contribution is -0.136. The summed E-state index contributed by atoms with van der Waals surface area (Å²) in [5.41, 5.74) is 2.27. The van der Waals surface area contributed by atoms with Crippen LogP contribution in [0.1, 0.15) is 31.2 Å². The average molecular weight is 292 g/mol. The Balaban J connectivity index is 1.96. The lowest BCUT2D eigenvalue weighted by Gasteiger charge is -2.30. The Morgan fingerprint density at radius 2 is 2.10 bits per heavy atom. The van der Waals surface area contributed by atoms with Crippen molar-refractivity contribution in [2.75, 3.05) is 31.6 Å². The lowest BCUT2D eigenvalue weighted by Crippen LogP contribution is -2.29. The van der Waals surface area contributed by atoms with Crippen LogP contribution in [0.3, 0.4) is 0 Å². The number of nitrogens with one attached hydrogen (secondary N) is 1. The maximum absolute atomic E-state index is 10.5. The van der Waals surface area contributed by atoms with Gasteiger partial charge >= 0.3 is 5.97 Å². The largest absolute Gasteiger partial charge is 0.495 e. The quantitative estimate of drug-likeness (QED) is 0.755. The van der Waals surface area contributed by atoms with Gasteiger partial charge in [-0.25, -0.2) is 0 Å². The van der Waals surface area contributed by atoms with Crippen molar-refractivity contribution in [3.8, 4) is 5.75 Å². The Labute approximate surface area is 125 Å². The number of rotatable bonds is 7. The smallest absolute Gasteiger partial charge is 0.304 e. The standard InChI is InChI=1S/C16H24N2O3/c1-21-15-11-13(12-17-8-7-16(19)20)5-6-14(15)18-9-3-2-4-10-18/h5-6,11,17H,2-4,7-10,12H2,1H3,(H,19,20). The van der Waals surface area contributed by atoms with Gasteiger partial charge < -0.3 is 20.1 Å². The molecule has 0 spiro atoms. The van der Waals surface area contributed by atoms with Gasteiger partial charge in [-0.2, -0.15) is 0 Å². The third kappa shape index (κ3) is 4.63. The Morgan fingerprint density at radius 3 is 2.76 bits per heavy atom. The molecule has 0 bridgehead atoms. The topological polar surface area (TPSA) is 61.8 Å². The first kappa shape index (κ1) is 15.6. The number of benzene rings is 1. The van der Waals surface area contributed by atoms with E-state index in [0.717, 1.165) is 30.1 Å². The van der Waals surface area contributed by atoms with Gasteiger partial charge in [0.25, 0.3) is 0 Å². The summed E-state index contributed by atoms with van der Waals surface area (Å²) in [6, 6.07) is 6.23. The van der Waals surface area contributed by atoms with Crippen LogP contribution in [0.25, 0.3) is 0 Å². The zero-order valence-electron chi connectivity index (χ0n) is 12.6. The molecule has 1 aliphatic heterocycles. The molecule has 1 aliphatic rings. The normalized spacial score (nSPS) is 15.0. The second-order valence-electron chi connectivity index (χ2n) is 5.37. The van der Waals surface area contributed by atoms with Crippen molar-refractivity contribution in [1.82, 2.24) is 5.32 Å². The van der Waals surface area contributed by atoms with Crippen molar-refractivity contribution >= 4 is 11.7 Å². The Kier molecular flexibility index (Phi) is 5.87. The molecule has 21 heavy (non-hydrogen) atoms. The van der Waals surface area contributed by atoms with Gasteiger partial charge in [-0.15, -0.1) is 0 Å². The molecule has 0 radical (unpaired) electrons. The molecule has 1 aromatic rings. The molecule has 1 aromatic carbocycles. The van der Waals surface area contributed by atoms with Crippen LogP contribution in [0.4, 0.5) is 5.69 Å². The first-order chi connectivity index (χ1) is 10.2. The maximum atomic E-state index is 10.5. The van der Waals surface area contributed by atoms with Gasteiger partial charge in [-0.05, 0) is 37.0 Å². The van der Waals surface area contributed by atoms with E-state index < -0.39 is 5.97 Å². The number of carbonyl (C=O) groups is 1. The fraction of sp³-hybridized carbons (Fsp3) is 0.562. The third-order valence-corrected chi connectivity index (χ3v) is 3.79. The van der Waals surface area contributed by atoms with Gasteiger partial charge in [0.1, 0.15) is 5.75 Å². The fourth-order valence-corrected chi connectivity index (χ4v) is 2.66. The van der Waals surface area contributed by atoms with Crippen LogP contribution in [0.2, 0.25) is 0 Å². The van der Waals surface area contributed by atoms with Crippen molar-refractivity contribution < 1.29 is 14.6 Å². The minimum Gasteiger partial charge on any atom is -0.495 e. The summed E-state index contributed by atoms with van der Waals surface area (Å²) in [5, 5.41) is 11.7. The number of piperidine rings is 1. The highest BCUT2D eigenvalue weighted by Gasteiger charge is 2.15. The minimum atomic E-state index is -0.777. The van der Waals surface area contributed by atoms with Gasteiger partial charge in [0.05, 0.1) is 19.2 Å². The van der Waals surface area contributed by atoms with Crippen LogP contribution in [0.15, 0.2) is 18.2 Å². The number of hydrogen-bond donors (Lipinski definition) is 2. The second kappa shape index (κ2) is 7.88. The van der Waals surface area contributed by atoms with E-state index >= 15 is 0 Å². The molecule has 0 aromatic heterocycles. The number of nitrogens with zero attached hydrogens (tertiary/aromatic N) is 1. The molecule has 0 amide bonds. The van der Waals surface area contributed by atoms with Gasteiger partial charge in [0, 0.05) is 26.2 Å². The number of carboxylic acid groups (broad SMARTS) is 1. The fourth-order valence-electron chi connectivity index (χ4n) is 2.66. The number of anilines is 1. The van der Waals surface area contributed by atoms with Crippen molar-refractivity contribution in [3.63, 3.8) is 0 Å². The van der Waals surface area contributed by atoms with Crippen molar-refractivity contribution in [3.05, 3.63) is 23.8 Å². The van der Waals surface area contributed by atoms with Gasteiger partial charge in [-0.1, -0.05) is 6.07 Å². The number of carboxylic acids is 1. The van der Waals surface area contributed by atoms with Crippen LogP contribution >= 0.6 is 0 Å². The first-order valence-electron chi connectivity index (χ1n) is 7.55. The zero-order valence-corrected chi connectivity index (χ0v) is 12.6. The first-order valence-corrected chi connectivity index (χ1v) is 7.55. The van der Waals surface area contributed by atoms with E-state index in [4.69, 9.17) is 9.84 Å². The molecule has 5 heteroatoms. The highest BCUT2D eigenvalue weighted by Crippen LogP contribution is 2.31. The predicted molar refractivity (Wildman–Crippen MR) is 83.0 cm³/mol. The second-order valence-corrected chi connectivity index (χ2v) is 5.37. The van der Waals surface area contributed by atoms with Crippen molar-refractivity contribution in [2.24, 2.45) is 0 Å². The molecule has 5 nitrogen and oxygen atoms in total. The Morgan fingerprint density at radius 1 is 1.33 bits per heavy atom. The molecular weight excluding hydrogens is 268 g/mol. The minimum absolute atomic E-state index is 0.142. The number of aliphatic carboxylic acids is 1. The zero-order chi connectivity index (χ0) is 15.1. The molecule has 0 saturated carbocycles. The van der Waals surface area contributed by atoms with Crippen LogP contribution in [-0.2, 0) is 11.3 Å². The van der Waals surface area contributed by atoms with E-state index in [9.17, 15) is 4.79 Å². The Hall–Kier alpha value is -1.75.